The minimum absolute atomic E-state index is 0.0440. The zero-order valence-electron chi connectivity index (χ0n) is 7.90. The molecule has 1 saturated heterocycles. The van der Waals surface area contributed by atoms with Crippen LogP contribution >= 0.6 is 0 Å². The Morgan fingerprint density at radius 1 is 1.07 bits per heavy atom. The molecule has 73 valence electrons. The molecule has 0 aliphatic carbocycles. The van der Waals surface area contributed by atoms with Gasteiger partial charge < -0.3 is 4.90 Å². The molecule has 3 nitrogen and oxygen atoms in total. The number of carbonyl (C=O) groups excluding carboxylic acids is 1. The number of carbonyl (C=O) groups is 1. The van der Waals surface area contributed by atoms with Crippen molar-refractivity contribution in [2.24, 2.45) is 0 Å². The fourth-order valence-corrected chi connectivity index (χ4v) is 1.70. The molecule has 0 N–H and O–H groups in total. The maximum Gasteiger partial charge on any atom is 0.253 e. The Morgan fingerprint density at radius 3 is 2.21 bits per heavy atom. The van der Waals surface area contributed by atoms with Gasteiger partial charge in [0.05, 0.1) is 0 Å². The molecule has 0 unspecified atom stereocenters. The summed E-state index contributed by atoms with van der Waals surface area (Å²) in [5, 5.41) is 10.8. The van der Waals surface area contributed by atoms with Crippen molar-refractivity contribution < 1.29 is 9.90 Å². The molecule has 0 saturated carbocycles. The van der Waals surface area contributed by atoms with Gasteiger partial charge in [0, 0.05) is 18.7 Å². The molecule has 1 heterocycles. The van der Waals surface area contributed by atoms with Gasteiger partial charge >= 0.3 is 0 Å². The number of likely N-dealkylation sites (tertiary alicyclic amines) is 1. The van der Waals surface area contributed by atoms with Crippen molar-refractivity contribution in [2.75, 3.05) is 13.1 Å². The summed E-state index contributed by atoms with van der Waals surface area (Å²) in [5.41, 5.74) is 0.617. The second-order valence-corrected chi connectivity index (χ2v) is 3.52. The summed E-state index contributed by atoms with van der Waals surface area (Å²) in [5.74, 6) is -0.00882. The van der Waals surface area contributed by atoms with Crippen LogP contribution in [0, 0.1) is 0 Å². The molecule has 0 spiro atoms. The molecule has 0 aromatic heterocycles. The minimum Gasteiger partial charge on any atom is -0.339 e. The van der Waals surface area contributed by atoms with Gasteiger partial charge in [0.25, 0.3) is 5.91 Å². The van der Waals surface area contributed by atoms with E-state index in [2.05, 4.69) is 0 Å². The highest BCUT2D eigenvalue weighted by Crippen LogP contribution is 2.15. The number of rotatable bonds is 1. The monoisotopic (exact) mass is 190 g/mol. The normalized spacial score (nSPS) is 15.9. The molecular formula is C11H12NO2. The summed E-state index contributed by atoms with van der Waals surface area (Å²) >= 11 is 0. The van der Waals surface area contributed by atoms with E-state index in [1.165, 1.54) is 12.1 Å². The van der Waals surface area contributed by atoms with Crippen molar-refractivity contribution in [3.05, 3.63) is 29.8 Å². The molecule has 1 fully saturated rings. The number of hydrogen-bond acceptors (Lipinski definition) is 1. The Balaban J connectivity index is 2.14. The summed E-state index contributed by atoms with van der Waals surface area (Å²) in [4.78, 5) is 13.6. The molecule has 14 heavy (non-hydrogen) atoms. The van der Waals surface area contributed by atoms with E-state index in [9.17, 15) is 9.90 Å². The summed E-state index contributed by atoms with van der Waals surface area (Å²) < 4.78 is 0. The third-order valence-electron chi connectivity index (χ3n) is 2.49. The highest BCUT2D eigenvalue weighted by Gasteiger charge is 2.18. The number of nitrogens with zero attached hydrogens (tertiary/aromatic N) is 1. The third kappa shape index (κ3) is 1.71. The lowest BCUT2D eigenvalue weighted by atomic mass is 10.2. The Labute approximate surface area is 83.0 Å². The van der Waals surface area contributed by atoms with Crippen LogP contribution in [0.2, 0.25) is 0 Å². The van der Waals surface area contributed by atoms with Gasteiger partial charge in [-0.3, -0.25) is 9.90 Å². The first-order chi connectivity index (χ1) is 6.77. The van der Waals surface area contributed by atoms with Crippen LogP contribution in [-0.4, -0.2) is 23.9 Å². The SMILES string of the molecule is [O]c1ccc(C(=O)N2CCCC2)cc1. The van der Waals surface area contributed by atoms with Gasteiger partial charge in [-0.15, -0.1) is 0 Å². The van der Waals surface area contributed by atoms with Crippen LogP contribution < -0.4 is 0 Å². The molecule has 2 rings (SSSR count). The first-order valence-corrected chi connectivity index (χ1v) is 4.84. The van der Waals surface area contributed by atoms with Crippen LogP contribution in [0.4, 0.5) is 0 Å². The molecule has 1 radical (unpaired) electrons. The predicted octanol–water partition coefficient (Wildman–Crippen LogP) is 2.07. The summed E-state index contributed by atoms with van der Waals surface area (Å²) in [6.45, 7) is 1.69. The fourth-order valence-electron chi connectivity index (χ4n) is 1.70. The lowest BCUT2D eigenvalue weighted by Crippen LogP contribution is -2.27. The van der Waals surface area contributed by atoms with Crippen molar-refractivity contribution in [2.45, 2.75) is 12.8 Å². The highest BCUT2D eigenvalue weighted by atomic mass is 16.3. The smallest absolute Gasteiger partial charge is 0.253 e. The Kier molecular flexibility index (Phi) is 2.39. The Bertz CT molecular complexity index is 326. The quantitative estimate of drug-likeness (QED) is 0.668. The summed E-state index contributed by atoms with van der Waals surface area (Å²) in [7, 11) is 0. The molecule has 1 aliphatic rings. The highest BCUT2D eigenvalue weighted by molar-refractivity contribution is 5.94. The van der Waals surface area contributed by atoms with Gasteiger partial charge in [0.2, 0.25) is 0 Å². The van der Waals surface area contributed by atoms with Crippen LogP contribution in [0.15, 0.2) is 24.3 Å². The van der Waals surface area contributed by atoms with E-state index in [1.807, 2.05) is 4.90 Å². The lowest BCUT2D eigenvalue weighted by Gasteiger charge is -2.14. The first kappa shape index (κ1) is 9.06. The number of hydrogen-bond donors (Lipinski definition) is 0. The van der Waals surface area contributed by atoms with Crippen LogP contribution in [-0.2, 0) is 5.11 Å². The van der Waals surface area contributed by atoms with Crippen LogP contribution in [0.25, 0.3) is 0 Å². The predicted molar refractivity (Wildman–Crippen MR) is 51.7 cm³/mol. The van der Waals surface area contributed by atoms with Gasteiger partial charge in [0.1, 0.15) is 0 Å². The largest absolute Gasteiger partial charge is 0.339 e. The van der Waals surface area contributed by atoms with Crippen LogP contribution in [0.3, 0.4) is 0 Å². The lowest BCUT2D eigenvalue weighted by molar-refractivity contribution is 0.0793. The number of amides is 1. The summed E-state index contributed by atoms with van der Waals surface area (Å²) in [6, 6.07) is 6.07. The van der Waals surface area contributed by atoms with E-state index in [-0.39, 0.29) is 11.7 Å². The third-order valence-corrected chi connectivity index (χ3v) is 2.49. The molecule has 1 aromatic carbocycles. The molecule has 1 aliphatic heterocycles. The standard InChI is InChI=1S/C11H12NO2/c13-10-5-3-9(4-6-10)11(14)12-7-1-2-8-12/h3-6H,1-2,7-8H2. The van der Waals surface area contributed by atoms with E-state index >= 15 is 0 Å². The van der Waals surface area contributed by atoms with Crippen molar-refractivity contribution >= 4 is 5.91 Å². The van der Waals surface area contributed by atoms with Gasteiger partial charge in [0.15, 0.2) is 5.75 Å². The minimum atomic E-state index is -0.0528. The maximum atomic E-state index is 11.8. The average molecular weight is 190 g/mol. The van der Waals surface area contributed by atoms with Crippen molar-refractivity contribution in [3.63, 3.8) is 0 Å². The molecule has 1 aromatic rings. The van der Waals surface area contributed by atoms with Gasteiger partial charge in [-0.05, 0) is 37.1 Å². The molecular weight excluding hydrogens is 178 g/mol. The topological polar surface area (TPSA) is 40.2 Å². The Morgan fingerprint density at radius 2 is 1.64 bits per heavy atom. The van der Waals surface area contributed by atoms with E-state index in [1.54, 1.807) is 12.1 Å². The van der Waals surface area contributed by atoms with Crippen LogP contribution in [0.5, 0.6) is 5.75 Å². The maximum absolute atomic E-state index is 11.8. The molecule has 0 bridgehead atoms. The van der Waals surface area contributed by atoms with Crippen molar-refractivity contribution in [1.82, 2.24) is 4.90 Å². The number of benzene rings is 1. The van der Waals surface area contributed by atoms with E-state index in [0.717, 1.165) is 25.9 Å². The van der Waals surface area contributed by atoms with Gasteiger partial charge in [-0.2, -0.15) is 0 Å². The second kappa shape index (κ2) is 3.70. The fraction of sp³-hybridized carbons (Fsp3) is 0.364. The van der Waals surface area contributed by atoms with E-state index in [0.29, 0.717) is 5.56 Å². The molecule has 1 amide bonds. The van der Waals surface area contributed by atoms with Crippen molar-refractivity contribution in [3.8, 4) is 5.75 Å². The second-order valence-electron chi connectivity index (χ2n) is 3.52. The van der Waals surface area contributed by atoms with Gasteiger partial charge in [-0.1, -0.05) is 0 Å². The van der Waals surface area contributed by atoms with E-state index < -0.39 is 0 Å². The molecule has 3 heteroatoms. The van der Waals surface area contributed by atoms with Crippen LogP contribution in [0.1, 0.15) is 23.2 Å². The van der Waals surface area contributed by atoms with Crippen molar-refractivity contribution in [1.29, 1.82) is 0 Å². The van der Waals surface area contributed by atoms with E-state index in [4.69, 9.17) is 0 Å². The average Bonchev–Trinajstić information content (AvgIpc) is 2.71. The first-order valence-electron chi connectivity index (χ1n) is 4.84. The van der Waals surface area contributed by atoms with Gasteiger partial charge in [-0.25, -0.2) is 0 Å². The molecule has 0 atom stereocenters. The Hall–Kier alpha value is -1.51. The zero-order valence-corrected chi connectivity index (χ0v) is 7.90. The zero-order chi connectivity index (χ0) is 9.97. The summed E-state index contributed by atoms with van der Waals surface area (Å²) in [6.07, 6.45) is 2.18.